The molecule has 76 valence electrons. The van der Waals surface area contributed by atoms with E-state index in [4.69, 9.17) is 0 Å². The van der Waals surface area contributed by atoms with Crippen LogP contribution in [0.15, 0.2) is 36.4 Å². The molecule has 2 rings (SSSR count). The lowest BCUT2D eigenvalue weighted by Crippen LogP contribution is -2.34. The minimum absolute atomic E-state index is 0.480. The molecule has 1 aromatic heterocycles. The molecule has 1 aromatic carbocycles. The molecule has 0 atom stereocenters. The average molecular weight is 200 g/mol. The molecule has 0 unspecified atom stereocenters. The summed E-state index contributed by atoms with van der Waals surface area (Å²) in [7, 11) is 0. The zero-order valence-electron chi connectivity index (χ0n) is 8.77. The van der Waals surface area contributed by atoms with Gasteiger partial charge in [-0.25, -0.2) is 4.73 Å². The molecule has 0 saturated carbocycles. The van der Waals surface area contributed by atoms with Gasteiger partial charge < -0.3 is 5.21 Å². The van der Waals surface area contributed by atoms with Gasteiger partial charge in [0.15, 0.2) is 5.69 Å². The molecule has 0 amide bonds. The lowest BCUT2D eigenvalue weighted by molar-refractivity contribution is -0.622. The van der Waals surface area contributed by atoms with Gasteiger partial charge in [-0.1, -0.05) is 30.3 Å². The average Bonchev–Trinajstić information content (AvgIpc) is 2.26. The minimum Gasteiger partial charge on any atom is -0.711 e. The van der Waals surface area contributed by atoms with Gasteiger partial charge in [0.2, 0.25) is 0 Å². The summed E-state index contributed by atoms with van der Waals surface area (Å²) in [5, 5.41) is 11.4. The highest BCUT2D eigenvalue weighted by molar-refractivity contribution is 5.58. The van der Waals surface area contributed by atoms with Crippen LogP contribution < -0.4 is 4.73 Å². The minimum atomic E-state index is 0.480. The molecular weight excluding hydrogens is 188 g/mol. The van der Waals surface area contributed by atoms with Crippen LogP contribution in [0.1, 0.15) is 11.5 Å². The fourth-order valence-electron chi connectivity index (χ4n) is 1.52. The van der Waals surface area contributed by atoms with Crippen molar-refractivity contribution in [3.05, 3.63) is 53.1 Å². The third kappa shape index (κ3) is 1.81. The second-order valence-electron chi connectivity index (χ2n) is 3.49. The van der Waals surface area contributed by atoms with Crippen molar-refractivity contribution in [2.45, 2.75) is 13.8 Å². The number of aryl methyl sites for hydroxylation is 2. The first-order valence-corrected chi connectivity index (χ1v) is 4.82. The molecule has 0 radical (unpaired) electrons. The van der Waals surface area contributed by atoms with Gasteiger partial charge in [-0.05, 0) is 11.9 Å². The Bertz CT molecular complexity index is 457. The Morgan fingerprint density at radius 1 is 1.13 bits per heavy atom. The predicted octanol–water partition coefficient (Wildman–Crippen LogP) is 2.00. The normalized spacial score (nSPS) is 10.3. The topological polar surface area (TPSA) is 39.8 Å². The summed E-state index contributed by atoms with van der Waals surface area (Å²) in [6, 6.07) is 11.6. The Kier molecular flexibility index (Phi) is 2.37. The summed E-state index contributed by atoms with van der Waals surface area (Å²) >= 11 is 0. The fraction of sp³-hybridized carbons (Fsp3) is 0.167. The van der Waals surface area contributed by atoms with Crippen LogP contribution in [0.25, 0.3) is 11.3 Å². The highest BCUT2D eigenvalue weighted by Gasteiger charge is 2.10. The third-order valence-corrected chi connectivity index (χ3v) is 2.31. The zero-order valence-corrected chi connectivity index (χ0v) is 8.77. The zero-order chi connectivity index (χ0) is 10.8. The maximum absolute atomic E-state index is 11.4. The Balaban J connectivity index is 2.56. The Labute approximate surface area is 88.6 Å². The standard InChI is InChI=1S/C12H12N2O/c1-9-8-12(13-10(2)14(9)15)11-6-4-3-5-7-11/h3-8H,1-2H3. The van der Waals surface area contributed by atoms with Crippen molar-refractivity contribution in [3.63, 3.8) is 0 Å². The first kappa shape index (κ1) is 9.65. The maximum Gasteiger partial charge on any atom is 0.299 e. The lowest BCUT2D eigenvalue weighted by Gasteiger charge is -2.07. The molecule has 0 aliphatic carbocycles. The first-order chi connectivity index (χ1) is 7.18. The number of hydrogen-bond donors (Lipinski definition) is 0. The van der Waals surface area contributed by atoms with Gasteiger partial charge in [-0.3, -0.25) is 0 Å². The van der Waals surface area contributed by atoms with E-state index in [2.05, 4.69) is 4.98 Å². The van der Waals surface area contributed by atoms with Crippen LogP contribution in [-0.2, 0) is 0 Å². The largest absolute Gasteiger partial charge is 0.711 e. The van der Waals surface area contributed by atoms with Gasteiger partial charge in [0, 0.05) is 18.6 Å². The van der Waals surface area contributed by atoms with Crippen molar-refractivity contribution in [2.24, 2.45) is 0 Å². The smallest absolute Gasteiger partial charge is 0.299 e. The molecule has 0 aliphatic rings. The third-order valence-electron chi connectivity index (χ3n) is 2.31. The highest BCUT2D eigenvalue weighted by atomic mass is 16.5. The molecule has 1 heterocycles. The second-order valence-corrected chi connectivity index (χ2v) is 3.49. The van der Waals surface area contributed by atoms with Crippen molar-refractivity contribution >= 4 is 0 Å². The molecule has 0 saturated heterocycles. The van der Waals surface area contributed by atoms with E-state index < -0.39 is 0 Å². The van der Waals surface area contributed by atoms with E-state index >= 15 is 0 Å². The predicted molar refractivity (Wildman–Crippen MR) is 58.1 cm³/mol. The van der Waals surface area contributed by atoms with Gasteiger partial charge in [0.1, 0.15) is 5.69 Å². The molecule has 0 bridgehead atoms. The van der Waals surface area contributed by atoms with Crippen LogP contribution in [0, 0.1) is 19.1 Å². The van der Waals surface area contributed by atoms with Crippen molar-refractivity contribution in [2.75, 3.05) is 0 Å². The monoisotopic (exact) mass is 200 g/mol. The number of benzene rings is 1. The van der Waals surface area contributed by atoms with Gasteiger partial charge in [-0.15, -0.1) is 0 Å². The van der Waals surface area contributed by atoms with Crippen LogP contribution in [0.4, 0.5) is 0 Å². The van der Waals surface area contributed by atoms with Crippen molar-refractivity contribution < 1.29 is 4.73 Å². The maximum atomic E-state index is 11.4. The summed E-state index contributed by atoms with van der Waals surface area (Å²) < 4.78 is 0.840. The van der Waals surface area contributed by atoms with Crippen LogP contribution >= 0.6 is 0 Å². The van der Waals surface area contributed by atoms with Gasteiger partial charge in [0.05, 0.1) is 0 Å². The molecule has 3 nitrogen and oxygen atoms in total. The molecule has 2 aromatic rings. The molecule has 15 heavy (non-hydrogen) atoms. The Hall–Kier alpha value is -1.90. The SMILES string of the molecule is Cc1cc(-c2ccccc2)nc(C)[n+]1[O-]. The lowest BCUT2D eigenvalue weighted by atomic mass is 10.1. The number of rotatable bonds is 1. The first-order valence-electron chi connectivity index (χ1n) is 4.82. The van der Waals surface area contributed by atoms with Gasteiger partial charge in [0.25, 0.3) is 5.82 Å². The van der Waals surface area contributed by atoms with Crippen molar-refractivity contribution in [3.8, 4) is 11.3 Å². The van der Waals surface area contributed by atoms with E-state index in [1.165, 1.54) is 0 Å². The summed E-state index contributed by atoms with van der Waals surface area (Å²) in [6.45, 7) is 3.50. The van der Waals surface area contributed by atoms with Crippen molar-refractivity contribution in [1.29, 1.82) is 0 Å². The highest BCUT2D eigenvalue weighted by Crippen LogP contribution is 2.16. The van der Waals surface area contributed by atoms with E-state index in [1.54, 1.807) is 19.9 Å². The number of aromatic nitrogens is 2. The second kappa shape index (κ2) is 3.69. The van der Waals surface area contributed by atoms with Crippen molar-refractivity contribution in [1.82, 2.24) is 4.98 Å². The van der Waals surface area contributed by atoms with Crippen LogP contribution in [0.2, 0.25) is 0 Å². The Morgan fingerprint density at radius 3 is 2.40 bits per heavy atom. The van der Waals surface area contributed by atoms with E-state index in [9.17, 15) is 5.21 Å². The summed E-state index contributed by atoms with van der Waals surface area (Å²) in [5.41, 5.74) is 2.54. The van der Waals surface area contributed by atoms with E-state index in [1.807, 2.05) is 30.3 Å². The molecule has 3 heteroatoms. The number of nitrogens with zero attached hydrogens (tertiary/aromatic N) is 2. The quantitative estimate of drug-likeness (QED) is 0.521. The molecular formula is C12H12N2O. The Morgan fingerprint density at radius 2 is 1.80 bits per heavy atom. The molecule has 0 fully saturated rings. The van der Waals surface area contributed by atoms with E-state index in [0.29, 0.717) is 11.5 Å². The molecule has 0 N–H and O–H groups in total. The molecule has 0 aliphatic heterocycles. The fourth-order valence-corrected chi connectivity index (χ4v) is 1.52. The van der Waals surface area contributed by atoms with Crippen LogP contribution in [-0.4, -0.2) is 4.98 Å². The van der Waals surface area contributed by atoms with Gasteiger partial charge in [-0.2, -0.15) is 0 Å². The number of hydrogen-bond acceptors (Lipinski definition) is 2. The van der Waals surface area contributed by atoms with Gasteiger partial charge >= 0.3 is 0 Å². The van der Waals surface area contributed by atoms with E-state index in [-0.39, 0.29) is 0 Å². The summed E-state index contributed by atoms with van der Waals surface area (Å²) in [4.78, 5) is 4.25. The van der Waals surface area contributed by atoms with Crippen LogP contribution in [0.3, 0.4) is 0 Å². The van der Waals surface area contributed by atoms with E-state index in [0.717, 1.165) is 16.0 Å². The summed E-state index contributed by atoms with van der Waals surface area (Å²) in [5.74, 6) is 0.480. The summed E-state index contributed by atoms with van der Waals surface area (Å²) in [6.07, 6.45) is 0. The van der Waals surface area contributed by atoms with Crippen LogP contribution in [0.5, 0.6) is 0 Å². The molecule has 0 spiro atoms.